The molecule has 1 aliphatic rings. The topological polar surface area (TPSA) is 0 Å². The third kappa shape index (κ3) is 5.77. The summed E-state index contributed by atoms with van der Waals surface area (Å²) in [6.45, 7) is 21.8. The highest BCUT2D eigenvalue weighted by Gasteiger charge is 2.53. The summed E-state index contributed by atoms with van der Waals surface area (Å²) in [5.74, 6) is 4.58. The zero-order chi connectivity index (χ0) is 18.5. The quantitative estimate of drug-likeness (QED) is 0.355. The minimum atomic E-state index is 0.454. The molecule has 0 radical (unpaired) electrons. The molecule has 1 saturated carbocycles. The molecule has 0 aromatic rings. The first kappa shape index (κ1) is 22.0. The molecule has 1 rings (SSSR count). The van der Waals surface area contributed by atoms with E-state index < -0.39 is 0 Å². The van der Waals surface area contributed by atoms with E-state index in [2.05, 4.69) is 62.3 Å². The largest absolute Gasteiger partial charge is 0.0651 e. The van der Waals surface area contributed by atoms with Gasteiger partial charge < -0.3 is 0 Å². The van der Waals surface area contributed by atoms with Crippen molar-refractivity contribution in [3.63, 3.8) is 0 Å². The first-order valence-corrected chi connectivity index (χ1v) is 11.1. The Kier molecular flexibility index (Phi) is 8.35. The van der Waals surface area contributed by atoms with Crippen molar-refractivity contribution in [3.8, 4) is 0 Å². The van der Waals surface area contributed by atoms with Gasteiger partial charge in [-0.1, -0.05) is 94.4 Å². The Balaban J connectivity index is 2.29. The molecule has 0 aromatic heterocycles. The van der Waals surface area contributed by atoms with Gasteiger partial charge in [-0.25, -0.2) is 0 Å². The maximum absolute atomic E-state index is 2.47. The number of hydrogen-bond acceptors (Lipinski definition) is 0. The average Bonchev–Trinajstić information content (AvgIpc) is 3.23. The van der Waals surface area contributed by atoms with Crippen LogP contribution < -0.4 is 0 Å². The maximum atomic E-state index is 2.47. The smallest absolute Gasteiger partial charge is 0.0246 e. The predicted octanol–water partition coefficient (Wildman–Crippen LogP) is 8.35. The molecule has 5 unspecified atom stereocenters. The highest BCUT2D eigenvalue weighted by atomic mass is 14.6. The fraction of sp³-hybridized carbons (Fsp3) is 1.00. The molecule has 1 fully saturated rings. The first-order chi connectivity index (χ1) is 11.1. The molecule has 0 aliphatic heterocycles. The van der Waals surface area contributed by atoms with Crippen molar-refractivity contribution in [1.29, 1.82) is 0 Å². The van der Waals surface area contributed by atoms with Crippen molar-refractivity contribution in [2.45, 2.75) is 114 Å². The van der Waals surface area contributed by atoms with Gasteiger partial charge >= 0.3 is 0 Å². The second-order valence-electron chi connectivity index (χ2n) is 10.6. The van der Waals surface area contributed by atoms with Crippen LogP contribution in [0.25, 0.3) is 0 Å². The van der Waals surface area contributed by atoms with Gasteiger partial charge in [-0.3, -0.25) is 0 Å². The van der Waals surface area contributed by atoms with E-state index in [0.29, 0.717) is 5.41 Å². The molecule has 0 nitrogen and oxygen atoms in total. The summed E-state index contributed by atoms with van der Waals surface area (Å²) in [4.78, 5) is 0. The minimum absolute atomic E-state index is 0.454. The zero-order valence-corrected chi connectivity index (χ0v) is 18.5. The van der Waals surface area contributed by atoms with E-state index in [1.807, 2.05) is 0 Å². The zero-order valence-electron chi connectivity index (χ0n) is 18.5. The highest BCUT2D eigenvalue weighted by Crippen LogP contribution is 2.62. The van der Waals surface area contributed by atoms with Crippen LogP contribution in [-0.4, -0.2) is 0 Å². The van der Waals surface area contributed by atoms with E-state index in [9.17, 15) is 0 Å². The Bertz CT molecular complexity index is 348. The van der Waals surface area contributed by atoms with Crippen LogP contribution in [0.4, 0.5) is 0 Å². The van der Waals surface area contributed by atoms with Crippen molar-refractivity contribution in [1.82, 2.24) is 0 Å². The van der Waals surface area contributed by atoms with E-state index in [1.165, 1.54) is 51.4 Å². The van der Waals surface area contributed by atoms with Gasteiger partial charge in [0.15, 0.2) is 0 Å². The van der Waals surface area contributed by atoms with E-state index in [-0.39, 0.29) is 0 Å². The monoisotopic (exact) mass is 336 g/mol. The van der Waals surface area contributed by atoms with Crippen molar-refractivity contribution in [2.24, 2.45) is 40.4 Å². The molecular formula is C24H48. The standard InChI is InChI=1S/C24H48/c1-10-21(14-12-13-19(5)20(6)23(7,8)9)15-16-22-17-24(22,11-2)18(3)4/h18-22H,10-17H2,1-9H3. The van der Waals surface area contributed by atoms with E-state index in [4.69, 9.17) is 0 Å². The fourth-order valence-electron chi connectivity index (χ4n) is 5.16. The van der Waals surface area contributed by atoms with Crippen molar-refractivity contribution < 1.29 is 0 Å². The molecule has 24 heavy (non-hydrogen) atoms. The summed E-state index contributed by atoms with van der Waals surface area (Å²) in [6, 6.07) is 0. The summed E-state index contributed by atoms with van der Waals surface area (Å²) >= 11 is 0. The molecule has 0 amide bonds. The predicted molar refractivity (Wildman–Crippen MR) is 110 cm³/mol. The third-order valence-corrected chi connectivity index (χ3v) is 8.08. The summed E-state index contributed by atoms with van der Waals surface area (Å²) in [7, 11) is 0. The Morgan fingerprint density at radius 1 is 0.958 bits per heavy atom. The summed E-state index contributed by atoms with van der Waals surface area (Å²) < 4.78 is 0. The van der Waals surface area contributed by atoms with Gasteiger partial charge in [0.1, 0.15) is 0 Å². The van der Waals surface area contributed by atoms with Crippen LogP contribution in [0.15, 0.2) is 0 Å². The molecule has 144 valence electrons. The Morgan fingerprint density at radius 3 is 2.00 bits per heavy atom. The Morgan fingerprint density at radius 2 is 1.58 bits per heavy atom. The van der Waals surface area contributed by atoms with Crippen LogP contribution in [0.2, 0.25) is 0 Å². The number of hydrogen-bond donors (Lipinski definition) is 0. The van der Waals surface area contributed by atoms with Crippen LogP contribution in [0.1, 0.15) is 114 Å². The van der Waals surface area contributed by atoms with Gasteiger partial charge in [0.05, 0.1) is 0 Å². The van der Waals surface area contributed by atoms with Gasteiger partial charge in [0.25, 0.3) is 0 Å². The molecule has 0 N–H and O–H groups in total. The molecule has 0 spiro atoms. The minimum Gasteiger partial charge on any atom is -0.0651 e. The van der Waals surface area contributed by atoms with Crippen LogP contribution in [0, 0.1) is 40.4 Å². The maximum Gasteiger partial charge on any atom is -0.0246 e. The molecule has 0 heteroatoms. The van der Waals surface area contributed by atoms with Crippen LogP contribution in [-0.2, 0) is 0 Å². The lowest BCUT2D eigenvalue weighted by Crippen LogP contribution is -2.24. The van der Waals surface area contributed by atoms with E-state index >= 15 is 0 Å². The fourth-order valence-corrected chi connectivity index (χ4v) is 5.16. The van der Waals surface area contributed by atoms with Gasteiger partial charge in [-0.15, -0.1) is 0 Å². The van der Waals surface area contributed by atoms with E-state index in [0.717, 1.165) is 35.0 Å². The highest BCUT2D eigenvalue weighted by molar-refractivity contribution is 5.02. The van der Waals surface area contributed by atoms with Gasteiger partial charge in [0, 0.05) is 0 Å². The molecule has 0 saturated heterocycles. The second kappa shape index (κ2) is 9.09. The lowest BCUT2D eigenvalue weighted by Gasteiger charge is -2.32. The number of rotatable bonds is 11. The van der Waals surface area contributed by atoms with Crippen LogP contribution in [0.3, 0.4) is 0 Å². The van der Waals surface area contributed by atoms with Crippen molar-refractivity contribution in [3.05, 3.63) is 0 Å². The molecule has 0 aromatic carbocycles. The Labute approximate surface area is 154 Å². The Hall–Kier alpha value is 0. The summed E-state index contributed by atoms with van der Waals surface area (Å²) in [5.41, 5.74) is 1.17. The normalized spacial score (nSPS) is 28.0. The molecule has 1 aliphatic carbocycles. The van der Waals surface area contributed by atoms with Gasteiger partial charge in [0.2, 0.25) is 0 Å². The molecule has 5 atom stereocenters. The van der Waals surface area contributed by atoms with E-state index in [1.54, 1.807) is 0 Å². The third-order valence-electron chi connectivity index (χ3n) is 8.08. The van der Waals surface area contributed by atoms with Gasteiger partial charge in [-0.05, 0) is 59.7 Å². The SMILES string of the molecule is CCC(CCCC(C)C(C)C(C)(C)C)CCC1CC1(CC)C(C)C. The average molecular weight is 337 g/mol. The van der Waals surface area contributed by atoms with Crippen LogP contribution >= 0.6 is 0 Å². The van der Waals surface area contributed by atoms with Crippen LogP contribution in [0.5, 0.6) is 0 Å². The lowest BCUT2D eigenvalue weighted by molar-refractivity contribution is 0.175. The molecule has 0 heterocycles. The second-order valence-corrected chi connectivity index (χ2v) is 10.6. The summed E-state index contributed by atoms with van der Waals surface area (Å²) in [5, 5.41) is 0. The molecular weight excluding hydrogens is 288 g/mol. The summed E-state index contributed by atoms with van der Waals surface area (Å²) in [6.07, 6.45) is 11.6. The lowest BCUT2D eigenvalue weighted by atomic mass is 9.73. The molecule has 0 bridgehead atoms. The van der Waals surface area contributed by atoms with Crippen molar-refractivity contribution in [2.75, 3.05) is 0 Å². The first-order valence-electron chi connectivity index (χ1n) is 11.1. The van der Waals surface area contributed by atoms with Gasteiger partial charge in [-0.2, -0.15) is 0 Å². The van der Waals surface area contributed by atoms with Crippen molar-refractivity contribution >= 4 is 0 Å².